The second-order valence-electron chi connectivity index (χ2n) is 5.68. The van der Waals surface area contributed by atoms with Crippen LogP contribution in [0.1, 0.15) is 40.8 Å². The van der Waals surface area contributed by atoms with E-state index >= 15 is 0 Å². The molecule has 0 aromatic heterocycles. The summed E-state index contributed by atoms with van der Waals surface area (Å²) in [5.74, 6) is 1.19. The van der Waals surface area contributed by atoms with Crippen molar-refractivity contribution in [1.29, 1.82) is 0 Å². The van der Waals surface area contributed by atoms with Crippen molar-refractivity contribution < 1.29 is 9.13 Å². The molecule has 0 saturated heterocycles. The molecule has 0 aliphatic rings. The highest BCUT2D eigenvalue weighted by Crippen LogP contribution is 2.35. The summed E-state index contributed by atoms with van der Waals surface area (Å²) in [6.45, 7) is 9.63. The van der Waals surface area contributed by atoms with E-state index in [-0.39, 0.29) is 11.9 Å². The summed E-state index contributed by atoms with van der Waals surface area (Å²) in [4.78, 5) is 0. The monoisotopic (exact) mass is 287 g/mol. The molecule has 1 atom stereocenters. The molecule has 21 heavy (non-hydrogen) atoms. The highest BCUT2D eigenvalue weighted by molar-refractivity contribution is 5.49. The third-order valence-corrected chi connectivity index (χ3v) is 3.87. The van der Waals surface area contributed by atoms with Crippen LogP contribution in [0.4, 0.5) is 4.39 Å². The van der Waals surface area contributed by atoms with Crippen molar-refractivity contribution in [3.63, 3.8) is 0 Å². The zero-order chi connectivity index (χ0) is 15.7. The fourth-order valence-electron chi connectivity index (χ4n) is 2.31. The molecule has 112 valence electrons. The Bertz CT molecular complexity index is 677. The Morgan fingerprint density at radius 1 is 1.00 bits per heavy atom. The van der Waals surface area contributed by atoms with Crippen LogP contribution in [0.2, 0.25) is 0 Å². The lowest BCUT2D eigenvalue weighted by Crippen LogP contribution is -2.08. The van der Waals surface area contributed by atoms with Gasteiger partial charge in [0.25, 0.3) is 0 Å². The van der Waals surface area contributed by atoms with Crippen LogP contribution in [-0.2, 0) is 0 Å². The molecule has 2 rings (SSSR count). The van der Waals surface area contributed by atoms with E-state index in [9.17, 15) is 4.39 Å². The first-order chi connectivity index (χ1) is 9.81. The highest BCUT2D eigenvalue weighted by atomic mass is 19.1. The van der Waals surface area contributed by atoms with Gasteiger partial charge in [-0.1, -0.05) is 12.1 Å². The molecule has 0 aliphatic heterocycles. The fourth-order valence-corrected chi connectivity index (χ4v) is 2.31. The lowest BCUT2D eigenvalue weighted by molar-refractivity contribution is 0.461. The third-order valence-electron chi connectivity index (χ3n) is 3.87. The van der Waals surface area contributed by atoms with E-state index in [0.717, 1.165) is 22.4 Å². The van der Waals surface area contributed by atoms with Crippen LogP contribution in [0.25, 0.3) is 0 Å². The first-order valence-electron chi connectivity index (χ1n) is 7.11. The molecule has 2 nitrogen and oxygen atoms in total. The smallest absolute Gasteiger partial charge is 0.133 e. The van der Waals surface area contributed by atoms with Gasteiger partial charge in [0, 0.05) is 11.6 Å². The molecule has 0 heterocycles. The number of aryl methyl sites for hydroxylation is 3. The predicted molar refractivity (Wildman–Crippen MR) is 84.5 cm³/mol. The zero-order valence-corrected chi connectivity index (χ0v) is 13.3. The number of halogens is 1. The lowest BCUT2D eigenvalue weighted by atomic mass is 10.0. The maximum Gasteiger partial charge on any atom is 0.133 e. The van der Waals surface area contributed by atoms with Crippen LogP contribution in [0.15, 0.2) is 24.3 Å². The number of rotatable bonds is 3. The molecular weight excluding hydrogens is 265 g/mol. The average molecular weight is 287 g/mol. The van der Waals surface area contributed by atoms with Crippen LogP contribution in [-0.4, -0.2) is 0 Å². The number of benzene rings is 2. The van der Waals surface area contributed by atoms with E-state index in [1.807, 2.05) is 33.8 Å². The van der Waals surface area contributed by atoms with E-state index < -0.39 is 0 Å². The molecule has 0 bridgehead atoms. The van der Waals surface area contributed by atoms with Crippen molar-refractivity contribution in [3.05, 3.63) is 57.9 Å². The highest BCUT2D eigenvalue weighted by Gasteiger charge is 2.15. The normalized spacial score (nSPS) is 12.3. The average Bonchev–Trinajstić information content (AvgIpc) is 2.42. The summed E-state index contributed by atoms with van der Waals surface area (Å²) in [5.41, 5.74) is 10.5. The van der Waals surface area contributed by atoms with Gasteiger partial charge in [-0.15, -0.1) is 0 Å². The molecule has 3 heteroatoms. The number of hydrogen-bond acceptors (Lipinski definition) is 2. The molecule has 2 aromatic carbocycles. The van der Waals surface area contributed by atoms with Crippen molar-refractivity contribution in [2.24, 2.45) is 5.73 Å². The van der Waals surface area contributed by atoms with Gasteiger partial charge in [-0.25, -0.2) is 4.39 Å². The van der Waals surface area contributed by atoms with Crippen molar-refractivity contribution in [2.45, 2.75) is 40.7 Å². The van der Waals surface area contributed by atoms with Gasteiger partial charge in [-0.2, -0.15) is 0 Å². The molecule has 2 aromatic rings. The molecule has 0 saturated carbocycles. The maximum atomic E-state index is 13.8. The molecule has 0 unspecified atom stereocenters. The summed E-state index contributed by atoms with van der Waals surface area (Å²) in [7, 11) is 0. The van der Waals surface area contributed by atoms with Crippen molar-refractivity contribution in [1.82, 2.24) is 0 Å². The summed E-state index contributed by atoms with van der Waals surface area (Å²) in [5, 5.41) is 0. The van der Waals surface area contributed by atoms with Crippen LogP contribution < -0.4 is 10.5 Å². The molecule has 0 fully saturated rings. The Balaban J connectivity index is 2.54. The lowest BCUT2D eigenvalue weighted by Gasteiger charge is -2.18. The molecule has 0 aliphatic carbocycles. The Labute approximate surface area is 125 Å². The van der Waals surface area contributed by atoms with Gasteiger partial charge < -0.3 is 10.5 Å². The van der Waals surface area contributed by atoms with Crippen LogP contribution in [0, 0.1) is 33.5 Å². The molecule has 0 spiro atoms. The summed E-state index contributed by atoms with van der Waals surface area (Å²) >= 11 is 0. The Morgan fingerprint density at radius 2 is 1.62 bits per heavy atom. The van der Waals surface area contributed by atoms with Crippen molar-refractivity contribution in [3.8, 4) is 11.5 Å². The third kappa shape index (κ3) is 3.08. The summed E-state index contributed by atoms with van der Waals surface area (Å²) in [6.07, 6.45) is 0. The molecule has 0 amide bonds. The molecule has 0 radical (unpaired) electrons. The van der Waals surface area contributed by atoms with Crippen LogP contribution in [0.5, 0.6) is 11.5 Å². The predicted octanol–water partition coefficient (Wildman–Crippen LogP) is 4.87. The van der Waals surface area contributed by atoms with Crippen LogP contribution >= 0.6 is 0 Å². The first kappa shape index (κ1) is 15.5. The van der Waals surface area contributed by atoms with Crippen molar-refractivity contribution in [2.75, 3.05) is 0 Å². The van der Waals surface area contributed by atoms with Gasteiger partial charge >= 0.3 is 0 Å². The second kappa shape index (κ2) is 5.86. The molecule has 2 N–H and O–H groups in total. The Hall–Kier alpha value is -1.87. The SMILES string of the molecule is Cc1cc(Oc2c(C)ccc(C)c2C)c([C@@H](C)N)cc1F. The largest absolute Gasteiger partial charge is 0.456 e. The van der Waals surface area contributed by atoms with E-state index in [1.165, 1.54) is 6.07 Å². The van der Waals surface area contributed by atoms with Gasteiger partial charge in [0.15, 0.2) is 0 Å². The van der Waals surface area contributed by atoms with E-state index in [0.29, 0.717) is 16.9 Å². The number of hydrogen-bond donors (Lipinski definition) is 1. The van der Waals surface area contributed by atoms with Crippen LogP contribution in [0.3, 0.4) is 0 Å². The minimum atomic E-state index is -0.291. The van der Waals surface area contributed by atoms with Gasteiger partial charge in [0.2, 0.25) is 0 Å². The van der Waals surface area contributed by atoms with Crippen molar-refractivity contribution >= 4 is 0 Å². The maximum absolute atomic E-state index is 13.8. The first-order valence-corrected chi connectivity index (χ1v) is 7.11. The van der Waals surface area contributed by atoms with E-state index in [4.69, 9.17) is 10.5 Å². The van der Waals surface area contributed by atoms with Gasteiger partial charge in [-0.05, 0) is 69.0 Å². The fraction of sp³-hybridized carbons (Fsp3) is 0.333. The Kier molecular flexibility index (Phi) is 4.33. The summed E-state index contributed by atoms with van der Waals surface area (Å²) in [6, 6.07) is 6.99. The second-order valence-corrected chi connectivity index (χ2v) is 5.68. The topological polar surface area (TPSA) is 35.2 Å². The van der Waals surface area contributed by atoms with E-state index in [2.05, 4.69) is 6.07 Å². The quantitative estimate of drug-likeness (QED) is 0.874. The van der Waals surface area contributed by atoms with Gasteiger partial charge in [-0.3, -0.25) is 0 Å². The summed E-state index contributed by atoms with van der Waals surface area (Å²) < 4.78 is 19.9. The zero-order valence-electron chi connectivity index (χ0n) is 13.3. The minimum absolute atomic E-state index is 0.257. The standard InChI is InChI=1S/C18H22FNO/c1-10-6-7-11(2)18(13(10)4)21-17-8-12(3)16(19)9-15(17)14(5)20/h6-9,14H,20H2,1-5H3/t14-/m1/s1. The van der Waals surface area contributed by atoms with Gasteiger partial charge in [0.1, 0.15) is 17.3 Å². The van der Waals surface area contributed by atoms with Gasteiger partial charge in [0.05, 0.1) is 0 Å². The number of ether oxygens (including phenoxy) is 1. The van der Waals surface area contributed by atoms with E-state index in [1.54, 1.807) is 13.0 Å². The minimum Gasteiger partial charge on any atom is -0.456 e. The molecular formula is C18H22FNO. The Morgan fingerprint density at radius 3 is 2.24 bits per heavy atom. The number of nitrogens with two attached hydrogens (primary N) is 1.